The quantitative estimate of drug-likeness (QED) is 0.379. The van der Waals surface area contributed by atoms with Crippen molar-refractivity contribution in [2.45, 2.75) is 13.3 Å². The van der Waals surface area contributed by atoms with Crippen LogP contribution in [0, 0.1) is 0 Å². The van der Waals surface area contributed by atoms with Crippen molar-refractivity contribution < 1.29 is 9.53 Å². The number of rotatable bonds is 5. The van der Waals surface area contributed by atoms with Crippen molar-refractivity contribution in [1.82, 2.24) is 4.37 Å². The minimum atomic E-state index is -0.534. The molecule has 0 bridgehead atoms. The Morgan fingerprint density at radius 3 is 2.71 bits per heavy atom. The fourth-order valence-electron chi connectivity index (χ4n) is 1.83. The third-order valence-electron chi connectivity index (χ3n) is 2.83. The molecule has 6 nitrogen and oxygen atoms in total. The van der Waals surface area contributed by atoms with Crippen LogP contribution in [-0.4, -0.2) is 22.7 Å². The lowest BCUT2D eigenvalue weighted by molar-refractivity contribution is 0.0522. The molecular weight excluding hydrogens is 288 g/mol. The van der Waals surface area contributed by atoms with Crippen LogP contribution in [0.1, 0.15) is 27.9 Å². The average Bonchev–Trinajstić information content (AvgIpc) is 2.88. The van der Waals surface area contributed by atoms with Crippen molar-refractivity contribution in [3.63, 3.8) is 0 Å². The Morgan fingerprint density at radius 1 is 1.38 bits per heavy atom. The largest absolute Gasteiger partial charge is 0.461 e. The van der Waals surface area contributed by atoms with Crippen LogP contribution in [0.4, 0.5) is 5.69 Å². The van der Waals surface area contributed by atoms with Crippen LogP contribution in [0.3, 0.4) is 0 Å². The van der Waals surface area contributed by atoms with Crippen LogP contribution in [0.25, 0.3) is 0 Å². The van der Waals surface area contributed by atoms with Gasteiger partial charge in [0.15, 0.2) is 5.69 Å². The van der Waals surface area contributed by atoms with E-state index in [9.17, 15) is 4.79 Å². The minimum Gasteiger partial charge on any atom is -0.461 e. The normalized spacial score (nSPS) is 11.4. The van der Waals surface area contributed by atoms with E-state index in [0.717, 1.165) is 17.1 Å². The number of carbonyl (C=O) groups excluding carboxylic acids is 1. The zero-order valence-electron chi connectivity index (χ0n) is 11.6. The molecular formula is C14H16N4O2S. The second-order valence-corrected chi connectivity index (χ2v) is 5.01. The fraction of sp³-hybridized carbons (Fsp3) is 0.214. The maximum absolute atomic E-state index is 11.7. The SMILES string of the molecule is CCOC(=O)c1nsc(/C(Cc2ccccc2)=N\N)c1N. The second-order valence-electron chi connectivity index (χ2n) is 4.23. The number of nitrogens with two attached hydrogens (primary N) is 2. The highest BCUT2D eigenvalue weighted by Gasteiger charge is 2.21. The van der Waals surface area contributed by atoms with Gasteiger partial charge in [-0.25, -0.2) is 4.79 Å². The van der Waals surface area contributed by atoms with E-state index < -0.39 is 5.97 Å². The Bertz CT molecular complexity index is 652. The molecule has 1 aromatic heterocycles. The monoisotopic (exact) mass is 304 g/mol. The van der Waals surface area contributed by atoms with E-state index in [-0.39, 0.29) is 18.0 Å². The van der Waals surface area contributed by atoms with Crippen LogP contribution in [0.5, 0.6) is 0 Å². The summed E-state index contributed by atoms with van der Waals surface area (Å²) in [6.45, 7) is 2.00. The predicted octanol–water partition coefficient (Wildman–Crippen LogP) is 1.81. The van der Waals surface area contributed by atoms with Crippen molar-refractivity contribution in [3.05, 3.63) is 46.5 Å². The number of hydrogen-bond donors (Lipinski definition) is 2. The summed E-state index contributed by atoms with van der Waals surface area (Å²) < 4.78 is 8.96. The summed E-state index contributed by atoms with van der Waals surface area (Å²) >= 11 is 1.10. The number of nitrogen functional groups attached to an aromatic ring is 1. The first-order valence-corrected chi connectivity index (χ1v) is 7.18. The maximum atomic E-state index is 11.7. The molecule has 0 fully saturated rings. The van der Waals surface area contributed by atoms with Gasteiger partial charge in [0.25, 0.3) is 0 Å². The van der Waals surface area contributed by atoms with Crippen molar-refractivity contribution in [2.24, 2.45) is 10.9 Å². The van der Waals surface area contributed by atoms with Crippen LogP contribution in [-0.2, 0) is 11.2 Å². The molecule has 0 aliphatic heterocycles. The van der Waals surface area contributed by atoms with Crippen molar-refractivity contribution >= 4 is 28.9 Å². The van der Waals surface area contributed by atoms with E-state index in [0.29, 0.717) is 17.0 Å². The third kappa shape index (κ3) is 3.38. The highest BCUT2D eigenvalue weighted by Crippen LogP contribution is 2.24. The first kappa shape index (κ1) is 15.0. The average molecular weight is 304 g/mol. The molecule has 0 spiro atoms. The molecule has 4 N–H and O–H groups in total. The molecule has 0 atom stereocenters. The lowest BCUT2D eigenvalue weighted by atomic mass is 10.1. The summed E-state index contributed by atoms with van der Waals surface area (Å²) in [5, 5.41) is 3.79. The summed E-state index contributed by atoms with van der Waals surface area (Å²) in [4.78, 5) is 12.3. The van der Waals surface area contributed by atoms with Gasteiger partial charge in [0.1, 0.15) is 0 Å². The molecule has 0 radical (unpaired) electrons. The number of nitrogens with zero attached hydrogens (tertiary/aromatic N) is 2. The number of ether oxygens (including phenoxy) is 1. The number of benzene rings is 1. The number of carbonyl (C=O) groups is 1. The molecule has 0 saturated carbocycles. The highest BCUT2D eigenvalue weighted by molar-refractivity contribution is 7.09. The van der Waals surface area contributed by atoms with Crippen molar-refractivity contribution in [2.75, 3.05) is 12.3 Å². The van der Waals surface area contributed by atoms with Crippen molar-refractivity contribution in [1.29, 1.82) is 0 Å². The molecule has 2 aromatic rings. The van der Waals surface area contributed by atoms with Crippen LogP contribution >= 0.6 is 11.5 Å². The Balaban J connectivity index is 2.26. The Morgan fingerprint density at radius 2 is 2.10 bits per heavy atom. The van der Waals surface area contributed by atoms with Gasteiger partial charge in [-0.2, -0.15) is 9.47 Å². The van der Waals surface area contributed by atoms with Gasteiger partial charge < -0.3 is 16.3 Å². The second kappa shape index (κ2) is 6.85. The van der Waals surface area contributed by atoms with Gasteiger partial charge in [0.05, 0.1) is 22.9 Å². The van der Waals surface area contributed by atoms with Gasteiger partial charge in [0.2, 0.25) is 0 Å². The van der Waals surface area contributed by atoms with Crippen LogP contribution in [0.15, 0.2) is 35.4 Å². The smallest absolute Gasteiger partial charge is 0.360 e. The Kier molecular flexibility index (Phi) is 4.89. The summed E-state index contributed by atoms with van der Waals surface area (Å²) in [6, 6.07) is 9.74. The summed E-state index contributed by atoms with van der Waals surface area (Å²) in [7, 11) is 0. The molecule has 0 aliphatic carbocycles. The molecule has 0 unspecified atom stereocenters. The summed E-state index contributed by atoms with van der Waals surface area (Å²) in [6.07, 6.45) is 0.520. The topological polar surface area (TPSA) is 104 Å². The van der Waals surface area contributed by atoms with Gasteiger partial charge >= 0.3 is 5.97 Å². The Labute approximate surface area is 126 Å². The maximum Gasteiger partial charge on any atom is 0.360 e. The van der Waals surface area contributed by atoms with Crippen LogP contribution in [0.2, 0.25) is 0 Å². The van der Waals surface area contributed by atoms with E-state index >= 15 is 0 Å². The zero-order chi connectivity index (χ0) is 15.2. The van der Waals surface area contributed by atoms with Gasteiger partial charge in [-0.1, -0.05) is 30.3 Å². The predicted molar refractivity (Wildman–Crippen MR) is 83.4 cm³/mol. The molecule has 0 aliphatic rings. The molecule has 0 saturated heterocycles. The highest BCUT2D eigenvalue weighted by atomic mass is 32.1. The number of aromatic nitrogens is 1. The number of hydrazone groups is 1. The van der Waals surface area contributed by atoms with Gasteiger partial charge in [-0.3, -0.25) is 0 Å². The fourth-order valence-corrected chi connectivity index (χ4v) is 2.61. The summed E-state index contributed by atoms with van der Waals surface area (Å²) in [5.41, 5.74) is 7.99. The number of esters is 1. The van der Waals surface area contributed by atoms with Crippen LogP contribution < -0.4 is 11.6 Å². The lowest BCUT2D eigenvalue weighted by Crippen LogP contribution is -2.11. The summed E-state index contributed by atoms with van der Waals surface area (Å²) in [5.74, 6) is 4.93. The molecule has 1 aromatic carbocycles. The minimum absolute atomic E-state index is 0.117. The molecule has 21 heavy (non-hydrogen) atoms. The van der Waals surface area contributed by atoms with Gasteiger partial charge in [0, 0.05) is 6.42 Å². The lowest BCUT2D eigenvalue weighted by Gasteiger charge is -2.04. The van der Waals surface area contributed by atoms with E-state index in [1.54, 1.807) is 6.92 Å². The van der Waals surface area contributed by atoms with E-state index in [4.69, 9.17) is 16.3 Å². The molecule has 110 valence electrons. The van der Waals surface area contributed by atoms with E-state index in [1.165, 1.54) is 0 Å². The van der Waals surface area contributed by atoms with E-state index in [2.05, 4.69) is 9.47 Å². The van der Waals surface area contributed by atoms with E-state index in [1.807, 2.05) is 30.3 Å². The van der Waals surface area contributed by atoms with Gasteiger partial charge in [-0.05, 0) is 24.0 Å². The first-order valence-electron chi connectivity index (χ1n) is 6.40. The molecule has 0 amide bonds. The standard InChI is InChI=1S/C14H16N4O2S/c1-2-20-14(19)12-11(15)13(21-18-12)10(17-16)8-9-6-4-3-5-7-9/h3-7H,2,8,15-16H2,1H3/b17-10-. The zero-order valence-corrected chi connectivity index (χ0v) is 12.4. The third-order valence-corrected chi connectivity index (χ3v) is 3.74. The first-order chi connectivity index (χ1) is 10.2. The molecule has 2 rings (SSSR count). The van der Waals surface area contributed by atoms with Gasteiger partial charge in [-0.15, -0.1) is 0 Å². The van der Waals surface area contributed by atoms with Crippen molar-refractivity contribution in [3.8, 4) is 0 Å². The molecule has 7 heteroatoms. The Hall–Kier alpha value is -2.41. The molecule has 1 heterocycles. The number of anilines is 1. The number of hydrogen-bond acceptors (Lipinski definition) is 7.